The van der Waals surface area contributed by atoms with Crippen LogP contribution in [-0.4, -0.2) is 43.7 Å². The van der Waals surface area contributed by atoms with Crippen LogP contribution in [0.25, 0.3) is 10.9 Å². The molecular formula is C22H23N3O5. The highest BCUT2D eigenvalue weighted by atomic mass is 16.5. The number of hydrogen-bond acceptors (Lipinski definition) is 6. The van der Waals surface area contributed by atoms with E-state index in [1.54, 1.807) is 24.4 Å². The first-order valence-corrected chi connectivity index (χ1v) is 9.42. The van der Waals surface area contributed by atoms with Crippen molar-refractivity contribution >= 4 is 22.7 Å². The summed E-state index contributed by atoms with van der Waals surface area (Å²) in [6.07, 6.45) is 2.36. The van der Waals surface area contributed by atoms with Crippen molar-refractivity contribution in [2.75, 3.05) is 26.9 Å². The Morgan fingerprint density at radius 2 is 1.87 bits per heavy atom. The van der Waals surface area contributed by atoms with Gasteiger partial charge in [-0.3, -0.25) is 14.6 Å². The third-order valence-corrected chi connectivity index (χ3v) is 4.26. The van der Waals surface area contributed by atoms with E-state index < -0.39 is 5.91 Å². The zero-order valence-corrected chi connectivity index (χ0v) is 16.6. The number of methoxy groups -OCH3 is 1. The summed E-state index contributed by atoms with van der Waals surface area (Å²) >= 11 is 0. The fraction of sp³-hybridized carbons (Fsp3) is 0.227. The first-order valence-electron chi connectivity index (χ1n) is 9.42. The molecule has 0 atom stereocenters. The minimum absolute atomic E-state index is 0.249. The summed E-state index contributed by atoms with van der Waals surface area (Å²) in [4.78, 5) is 27.6. The zero-order chi connectivity index (χ0) is 21.3. The second-order valence-electron chi connectivity index (χ2n) is 6.41. The van der Waals surface area contributed by atoms with Crippen LogP contribution in [0.1, 0.15) is 16.8 Å². The number of hydrogen-bond donors (Lipinski definition) is 2. The fourth-order valence-electron chi connectivity index (χ4n) is 2.83. The molecule has 3 N–H and O–H groups in total. The molecule has 1 heterocycles. The minimum Gasteiger partial charge on any atom is -0.493 e. The number of aromatic nitrogens is 1. The number of fused-ring (bicyclic) bond motifs is 1. The number of amides is 2. The van der Waals surface area contributed by atoms with Crippen LogP contribution in [0.3, 0.4) is 0 Å². The van der Waals surface area contributed by atoms with Crippen LogP contribution in [0, 0.1) is 0 Å². The van der Waals surface area contributed by atoms with Gasteiger partial charge in [0, 0.05) is 23.7 Å². The van der Waals surface area contributed by atoms with Gasteiger partial charge in [0.2, 0.25) is 0 Å². The molecule has 3 aromatic rings. The number of primary amides is 1. The Hall–Kier alpha value is -3.81. The van der Waals surface area contributed by atoms with Gasteiger partial charge in [0.25, 0.3) is 11.8 Å². The van der Waals surface area contributed by atoms with Gasteiger partial charge in [0.05, 0.1) is 13.7 Å². The quantitative estimate of drug-likeness (QED) is 0.497. The summed E-state index contributed by atoms with van der Waals surface area (Å²) in [7, 11) is 1.45. The molecule has 0 radical (unpaired) electrons. The van der Waals surface area contributed by atoms with E-state index in [9.17, 15) is 9.59 Å². The number of nitrogens with two attached hydrogens (primary N) is 1. The topological polar surface area (TPSA) is 113 Å². The van der Waals surface area contributed by atoms with E-state index in [2.05, 4.69) is 10.3 Å². The molecule has 30 heavy (non-hydrogen) atoms. The van der Waals surface area contributed by atoms with E-state index in [4.69, 9.17) is 19.9 Å². The molecule has 2 aromatic carbocycles. The molecular weight excluding hydrogens is 386 g/mol. The van der Waals surface area contributed by atoms with Gasteiger partial charge in [0.1, 0.15) is 11.3 Å². The molecule has 0 aliphatic heterocycles. The number of benzene rings is 2. The standard InChI is InChI=1S/C22H23N3O5/c1-28-19-13-16(8-9-17(19)30-14-20(23)26)22(27)25-11-4-12-29-18-7-2-5-15-6-3-10-24-21(15)18/h2-3,5-10,13H,4,11-12,14H2,1H3,(H2,23,26)(H,25,27). The van der Waals surface area contributed by atoms with Gasteiger partial charge in [-0.15, -0.1) is 0 Å². The first kappa shape index (κ1) is 20.9. The third-order valence-electron chi connectivity index (χ3n) is 4.26. The Kier molecular flexibility index (Phi) is 7.05. The number of nitrogens with one attached hydrogen (secondary N) is 1. The number of ether oxygens (including phenoxy) is 3. The SMILES string of the molecule is COc1cc(C(=O)NCCCOc2cccc3cccnc23)ccc1OCC(N)=O. The van der Waals surface area contributed by atoms with Crippen LogP contribution in [0.5, 0.6) is 17.2 Å². The molecule has 0 saturated carbocycles. The fourth-order valence-corrected chi connectivity index (χ4v) is 2.83. The molecule has 8 heteroatoms. The van der Waals surface area contributed by atoms with Gasteiger partial charge in [-0.1, -0.05) is 18.2 Å². The van der Waals surface area contributed by atoms with Crippen molar-refractivity contribution in [3.8, 4) is 17.2 Å². The normalized spacial score (nSPS) is 10.4. The number of para-hydroxylation sites is 1. The second kappa shape index (κ2) is 10.1. The number of pyridine rings is 1. The summed E-state index contributed by atoms with van der Waals surface area (Å²) in [5.74, 6) is 0.554. The van der Waals surface area contributed by atoms with E-state index >= 15 is 0 Å². The highest BCUT2D eigenvalue weighted by molar-refractivity contribution is 5.94. The van der Waals surface area contributed by atoms with Crippen molar-refractivity contribution in [3.63, 3.8) is 0 Å². The van der Waals surface area contributed by atoms with Crippen LogP contribution >= 0.6 is 0 Å². The van der Waals surface area contributed by atoms with Crippen LogP contribution in [0.15, 0.2) is 54.7 Å². The van der Waals surface area contributed by atoms with E-state index in [-0.39, 0.29) is 12.5 Å². The Morgan fingerprint density at radius 3 is 2.67 bits per heavy atom. The van der Waals surface area contributed by atoms with Crippen molar-refractivity contribution in [1.82, 2.24) is 10.3 Å². The van der Waals surface area contributed by atoms with Crippen molar-refractivity contribution in [2.45, 2.75) is 6.42 Å². The maximum Gasteiger partial charge on any atom is 0.255 e. The van der Waals surface area contributed by atoms with Gasteiger partial charge in [-0.2, -0.15) is 0 Å². The molecule has 3 rings (SSSR count). The summed E-state index contributed by atoms with van der Waals surface area (Å²) in [6.45, 7) is 0.618. The van der Waals surface area contributed by atoms with Gasteiger partial charge in [-0.25, -0.2) is 0 Å². The molecule has 0 spiro atoms. The molecule has 0 aliphatic rings. The van der Waals surface area contributed by atoms with Crippen molar-refractivity contribution in [3.05, 3.63) is 60.3 Å². The molecule has 0 fully saturated rings. The molecule has 1 aromatic heterocycles. The smallest absolute Gasteiger partial charge is 0.255 e. The lowest BCUT2D eigenvalue weighted by atomic mass is 10.2. The van der Waals surface area contributed by atoms with Gasteiger partial charge in [0.15, 0.2) is 18.1 Å². The maximum absolute atomic E-state index is 12.4. The lowest BCUT2D eigenvalue weighted by Gasteiger charge is -2.12. The average molecular weight is 409 g/mol. The zero-order valence-electron chi connectivity index (χ0n) is 16.6. The third kappa shape index (κ3) is 5.38. The highest BCUT2D eigenvalue weighted by Gasteiger charge is 2.12. The van der Waals surface area contributed by atoms with Gasteiger partial charge in [-0.05, 0) is 36.8 Å². The lowest BCUT2D eigenvalue weighted by Crippen LogP contribution is -2.25. The summed E-state index contributed by atoms with van der Waals surface area (Å²) in [5.41, 5.74) is 6.30. The number of rotatable bonds is 10. The first-order chi connectivity index (χ1) is 14.6. The monoisotopic (exact) mass is 409 g/mol. The van der Waals surface area contributed by atoms with E-state index in [1.807, 2.05) is 30.3 Å². The number of nitrogens with zero attached hydrogens (tertiary/aromatic N) is 1. The average Bonchev–Trinajstić information content (AvgIpc) is 2.77. The Balaban J connectivity index is 1.49. The van der Waals surface area contributed by atoms with Crippen molar-refractivity contribution in [2.24, 2.45) is 5.73 Å². The molecule has 0 aliphatic carbocycles. The minimum atomic E-state index is -0.597. The van der Waals surface area contributed by atoms with E-state index in [0.717, 1.165) is 16.7 Å². The summed E-state index contributed by atoms with van der Waals surface area (Å²) in [6, 6.07) is 14.3. The maximum atomic E-state index is 12.4. The molecule has 8 nitrogen and oxygen atoms in total. The van der Waals surface area contributed by atoms with Crippen LogP contribution < -0.4 is 25.3 Å². The lowest BCUT2D eigenvalue weighted by molar-refractivity contribution is -0.119. The molecule has 156 valence electrons. The molecule has 0 bridgehead atoms. The summed E-state index contributed by atoms with van der Waals surface area (Å²) < 4.78 is 16.3. The largest absolute Gasteiger partial charge is 0.493 e. The Morgan fingerprint density at radius 1 is 1.03 bits per heavy atom. The Labute approximate surface area is 173 Å². The highest BCUT2D eigenvalue weighted by Crippen LogP contribution is 2.28. The number of carbonyl (C=O) groups is 2. The predicted molar refractivity (Wildman–Crippen MR) is 112 cm³/mol. The van der Waals surface area contributed by atoms with Crippen LogP contribution in [-0.2, 0) is 4.79 Å². The Bertz CT molecular complexity index is 1030. The summed E-state index contributed by atoms with van der Waals surface area (Å²) in [5, 5.41) is 3.85. The van der Waals surface area contributed by atoms with Crippen LogP contribution in [0.2, 0.25) is 0 Å². The van der Waals surface area contributed by atoms with Crippen molar-refractivity contribution in [1.29, 1.82) is 0 Å². The molecule has 2 amide bonds. The van der Waals surface area contributed by atoms with Crippen LogP contribution in [0.4, 0.5) is 0 Å². The van der Waals surface area contributed by atoms with Gasteiger partial charge >= 0.3 is 0 Å². The van der Waals surface area contributed by atoms with E-state index in [1.165, 1.54) is 7.11 Å². The molecule has 0 unspecified atom stereocenters. The second-order valence-corrected chi connectivity index (χ2v) is 6.41. The van der Waals surface area contributed by atoms with E-state index in [0.29, 0.717) is 36.6 Å². The molecule has 0 saturated heterocycles. The van der Waals surface area contributed by atoms with Crippen molar-refractivity contribution < 1.29 is 23.8 Å². The van der Waals surface area contributed by atoms with Gasteiger partial charge < -0.3 is 25.3 Å². The predicted octanol–water partition coefficient (Wildman–Crippen LogP) is 2.31. The number of carbonyl (C=O) groups excluding carboxylic acids is 2.